The average Bonchev–Trinajstić information content (AvgIpc) is 2.67. The van der Waals surface area contributed by atoms with E-state index in [9.17, 15) is 4.79 Å². The van der Waals surface area contributed by atoms with Crippen LogP contribution in [-0.2, 0) is 0 Å². The lowest BCUT2D eigenvalue weighted by Gasteiger charge is -1.97. The van der Waals surface area contributed by atoms with E-state index in [-0.39, 0.29) is 5.91 Å². The van der Waals surface area contributed by atoms with Gasteiger partial charge in [0.25, 0.3) is 5.91 Å². The van der Waals surface area contributed by atoms with Crippen molar-refractivity contribution in [1.82, 2.24) is 9.69 Å². The predicted octanol–water partition coefficient (Wildman–Crippen LogP) is 1.04. The summed E-state index contributed by atoms with van der Waals surface area (Å²) >= 11 is 1.24. The van der Waals surface area contributed by atoms with Gasteiger partial charge in [-0.2, -0.15) is 0 Å². The first-order chi connectivity index (χ1) is 5.36. The summed E-state index contributed by atoms with van der Waals surface area (Å²) in [6.45, 7) is 0. The van der Waals surface area contributed by atoms with E-state index in [1.54, 1.807) is 12.3 Å². The Balaban J connectivity index is 1.99. The second-order valence-corrected chi connectivity index (χ2v) is 3.46. The molecule has 0 bridgehead atoms. The summed E-state index contributed by atoms with van der Waals surface area (Å²) in [7, 11) is 0. The van der Waals surface area contributed by atoms with Gasteiger partial charge in [-0.15, -0.1) is 0 Å². The molecule has 0 radical (unpaired) electrons. The van der Waals surface area contributed by atoms with Crippen LogP contribution in [0, 0.1) is 0 Å². The minimum Gasteiger partial charge on any atom is -0.349 e. The van der Waals surface area contributed by atoms with Gasteiger partial charge in [-0.1, -0.05) is 0 Å². The van der Waals surface area contributed by atoms with E-state index in [1.165, 1.54) is 11.5 Å². The largest absolute Gasteiger partial charge is 0.349 e. The second-order valence-electron chi connectivity index (χ2n) is 2.62. The zero-order valence-corrected chi connectivity index (χ0v) is 6.73. The minimum atomic E-state index is 0.0231. The van der Waals surface area contributed by atoms with E-state index >= 15 is 0 Å². The third-order valence-electron chi connectivity index (χ3n) is 1.57. The molecule has 1 amide bonds. The minimum absolute atomic E-state index is 0.0231. The van der Waals surface area contributed by atoms with Gasteiger partial charge in [-0.05, 0) is 30.4 Å². The maximum atomic E-state index is 11.2. The number of carbonyl (C=O) groups is 1. The van der Waals surface area contributed by atoms with Crippen LogP contribution < -0.4 is 5.32 Å². The number of carbonyl (C=O) groups excluding carboxylic acids is 1. The zero-order chi connectivity index (χ0) is 7.68. The topological polar surface area (TPSA) is 42.0 Å². The molecule has 1 N–H and O–H groups in total. The van der Waals surface area contributed by atoms with Crippen LogP contribution in [0.15, 0.2) is 12.3 Å². The SMILES string of the molecule is O=C(NC1CC1)c1ccns1. The van der Waals surface area contributed by atoms with Crippen molar-refractivity contribution in [2.24, 2.45) is 0 Å². The van der Waals surface area contributed by atoms with Gasteiger partial charge in [-0.3, -0.25) is 4.79 Å². The Morgan fingerprint density at radius 2 is 2.55 bits per heavy atom. The van der Waals surface area contributed by atoms with Crippen molar-refractivity contribution >= 4 is 17.4 Å². The fourth-order valence-electron chi connectivity index (χ4n) is 0.817. The van der Waals surface area contributed by atoms with Gasteiger partial charge in [-0.25, -0.2) is 4.37 Å². The molecule has 0 aliphatic heterocycles. The Bertz CT molecular complexity index is 253. The normalized spacial score (nSPS) is 16.4. The lowest BCUT2D eigenvalue weighted by molar-refractivity contribution is 0.0955. The smallest absolute Gasteiger partial charge is 0.263 e. The predicted molar refractivity (Wildman–Crippen MR) is 42.6 cm³/mol. The number of amides is 1. The number of aromatic nitrogens is 1. The number of nitrogens with one attached hydrogen (secondary N) is 1. The van der Waals surface area contributed by atoms with E-state index < -0.39 is 0 Å². The monoisotopic (exact) mass is 168 g/mol. The molecule has 0 saturated heterocycles. The van der Waals surface area contributed by atoms with Gasteiger partial charge in [0.2, 0.25) is 0 Å². The first-order valence-electron chi connectivity index (χ1n) is 3.58. The third kappa shape index (κ3) is 1.57. The van der Waals surface area contributed by atoms with E-state index in [0.29, 0.717) is 10.9 Å². The molecule has 58 valence electrons. The Morgan fingerprint density at radius 3 is 3.09 bits per heavy atom. The molecule has 0 aromatic carbocycles. The average molecular weight is 168 g/mol. The fourth-order valence-corrected chi connectivity index (χ4v) is 1.32. The second kappa shape index (κ2) is 2.62. The van der Waals surface area contributed by atoms with E-state index in [1.807, 2.05) is 0 Å². The van der Waals surface area contributed by atoms with Crippen LogP contribution in [0.1, 0.15) is 22.5 Å². The first kappa shape index (κ1) is 6.79. The molecule has 1 fully saturated rings. The Morgan fingerprint density at radius 1 is 1.73 bits per heavy atom. The van der Waals surface area contributed by atoms with Crippen molar-refractivity contribution in [3.05, 3.63) is 17.1 Å². The first-order valence-corrected chi connectivity index (χ1v) is 4.35. The lowest BCUT2D eigenvalue weighted by atomic mass is 10.4. The highest BCUT2D eigenvalue weighted by atomic mass is 32.1. The summed E-state index contributed by atoms with van der Waals surface area (Å²) < 4.78 is 3.85. The van der Waals surface area contributed by atoms with Gasteiger partial charge in [0, 0.05) is 12.2 Å². The molecule has 1 aromatic heterocycles. The van der Waals surface area contributed by atoms with E-state index in [4.69, 9.17) is 0 Å². The molecule has 1 heterocycles. The molecule has 3 nitrogen and oxygen atoms in total. The van der Waals surface area contributed by atoms with Crippen molar-refractivity contribution in [3.8, 4) is 0 Å². The number of rotatable bonds is 2. The van der Waals surface area contributed by atoms with E-state index in [0.717, 1.165) is 12.8 Å². The molecule has 1 saturated carbocycles. The van der Waals surface area contributed by atoms with Crippen molar-refractivity contribution in [2.75, 3.05) is 0 Å². The standard InChI is InChI=1S/C7H8N2OS/c10-7(9-5-1-2-5)6-3-4-8-11-6/h3-5H,1-2H2,(H,9,10). The molecular weight excluding hydrogens is 160 g/mol. The zero-order valence-electron chi connectivity index (χ0n) is 5.91. The van der Waals surface area contributed by atoms with Crippen LogP contribution in [0.3, 0.4) is 0 Å². The summed E-state index contributed by atoms with van der Waals surface area (Å²) in [5, 5.41) is 2.89. The van der Waals surface area contributed by atoms with Gasteiger partial charge < -0.3 is 5.32 Å². The van der Waals surface area contributed by atoms with Crippen LogP contribution in [0.5, 0.6) is 0 Å². The number of hydrogen-bond acceptors (Lipinski definition) is 3. The molecular formula is C7H8N2OS. The Hall–Kier alpha value is -0.900. The highest BCUT2D eigenvalue weighted by Crippen LogP contribution is 2.19. The number of nitrogens with zero attached hydrogens (tertiary/aromatic N) is 1. The molecule has 1 aromatic rings. The summed E-state index contributed by atoms with van der Waals surface area (Å²) in [4.78, 5) is 11.9. The maximum absolute atomic E-state index is 11.2. The molecule has 0 unspecified atom stereocenters. The molecule has 1 aliphatic rings. The summed E-state index contributed by atoms with van der Waals surface area (Å²) in [5.41, 5.74) is 0. The van der Waals surface area contributed by atoms with E-state index in [2.05, 4.69) is 9.69 Å². The highest BCUT2D eigenvalue weighted by Gasteiger charge is 2.24. The fraction of sp³-hybridized carbons (Fsp3) is 0.429. The molecule has 2 rings (SSSR count). The summed E-state index contributed by atoms with van der Waals surface area (Å²) in [6, 6.07) is 2.17. The van der Waals surface area contributed by atoms with Gasteiger partial charge in [0.15, 0.2) is 0 Å². The molecule has 0 spiro atoms. The highest BCUT2D eigenvalue weighted by molar-refractivity contribution is 7.08. The third-order valence-corrected chi connectivity index (χ3v) is 2.32. The Labute approximate surface area is 68.6 Å². The lowest BCUT2D eigenvalue weighted by Crippen LogP contribution is -2.24. The van der Waals surface area contributed by atoms with Crippen LogP contribution in [0.25, 0.3) is 0 Å². The van der Waals surface area contributed by atoms with Crippen molar-refractivity contribution in [2.45, 2.75) is 18.9 Å². The van der Waals surface area contributed by atoms with Crippen molar-refractivity contribution in [1.29, 1.82) is 0 Å². The summed E-state index contributed by atoms with van der Waals surface area (Å²) in [6.07, 6.45) is 3.90. The molecule has 11 heavy (non-hydrogen) atoms. The maximum Gasteiger partial charge on any atom is 0.263 e. The number of hydrogen-bond donors (Lipinski definition) is 1. The van der Waals surface area contributed by atoms with Crippen LogP contribution >= 0.6 is 11.5 Å². The Kier molecular flexibility index (Phi) is 1.62. The van der Waals surface area contributed by atoms with Crippen molar-refractivity contribution < 1.29 is 4.79 Å². The quantitative estimate of drug-likeness (QED) is 0.716. The van der Waals surface area contributed by atoms with Crippen LogP contribution in [-0.4, -0.2) is 16.3 Å². The summed E-state index contributed by atoms with van der Waals surface area (Å²) in [5.74, 6) is 0.0231. The van der Waals surface area contributed by atoms with Crippen LogP contribution in [0.4, 0.5) is 0 Å². The van der Waals surface area contributed by atoms with Crippen molar-refractivity contribution in [3.63, 3.8) is 0 Å². The van der Waals surface area contributed by atoms with Gasteiger partial charge >= 0.3 is 0 Å². The van der Waals surface area contributed by atoms with Crippen LogP contribution in [0.2, 0.25) is 0 Å². The molecule has 4 heteroatoms. The molecule has 0 atom stereocenters. The molecule has 1 aliphatic carbocycles. The van der Waals surface area contributed by atoms with Gasteiger partial charge in [0.1, 0.15) is 4.88 Å². The van der Waals surface area contributed by atoms with Gasteiger partial charge in [0.05, 0.1) is 0 Å².